The normalized spacial score (nSPS) is 13.9. The van der Waals surface area contributed by atoms with E-state index in [1.54, 1.807) is 27.7 Å². The number of nitrogens with one attached hydrogen (secondary N) is 1. The van der Waals surface area contributed by atoms with Gasteiger partial charge in [0.1, 0.15) is 6.04 Å². The van der Waals surface area contributed by atoms with Crippen molar-refractivity contribution >= 4 is 22.0 Å². The molecule has 0 aromatic rings. The Morgan fingerprint density at radius 3 is 2.21 bits per heavy atom. The Balaban J connectivity index is 4.67. The zero-order valence-corrected chi connectivity index (χ0v) is 12.4. The highest BCUT2D eigenvalue weighted by molar-refractivity contribution is 7.89. The highest BCUT2D eigenvalue weighted by Gasteiger charge is 2.34. The molecule has 0 aliphatic carbocycles. The van der Waals surface area contributed by atoms with E-state index in [0.29, 0.717) is 0 Å². The van der Waals surface area contributed by atoms with Crippen LogP contribution in [0.25, 0.3) is 0 Å². The highest BCUT2D eigenvalue weighted by atomic mass is 32.2. The van der Waals surface area contributed by atoms with Crippen LogP contribution < -0.4 is 4.72 Å². The van der Waals surface area contributed by atoms with Crippen LogP contribution in [0.5, 0.6) is 0 Å². The Bertz CT molecular complexity index is 423. The van der Waals surface area contributed by atoms with Gasteiger partial charge in [-0.1, -0.05) is 20.8 Å². The molecule has 0 aliphatic heterocycles. The number of rotatable bonds is 7. The Kier molecular flexibility index (Phi) is 6.44. The van der Waals surface area contributed by atoms with Crippen LogP contribution >= 0.6 is 0 Å². The number of aliphatic carboxylic acids is 1. The molecule has 7 nitrogen and oxygen atoms in total. The fourth-order valence-electron chi connectivity index (χ4n) is 1.29. The second-order valence-electron chi connectivity index (χ2n) is 5.13. The molecule has 0 spiro atoms. The Labute approximate surface area is 113 Å². The van der Waals surface area contributed by atoms with E-state index in [9.17, 15) is 18.0 Å². The van der Waals surface area contributed by atoms with Gasteiger partial charge in [0.15, 0.2) is 0 Å². The van der Waals surface area contributed by atoms with Crippen molar-refractivity contribution in [2.24, 2.45) is 5.41 Å². The molecule has 1 atom stereocenters. The summed E-state index contributed by atoms with van der Waals surface area (Å²) in [5.41, 5.74) is -0.775. The summed E-state index contributed by atoms with van der Waals surface area (Å²) in [6, 6.07) is -1.25. The van der Waals surface area contributed by atoms with E-state index in [1.807, 2.05) is 0 Å². The second-order valence-corrected chi connectivity index (χ2v) is 7.00. The molecule has 0 aromatic carbocycles. The number of carboxylic acid groups (broad SMARTS) is 1. The van der Waals surface area contributed by atoms with Gasteiger partial charge in [-0.2, -0.15) is 0 Å². The molecule has 0 saturated carbocycles. The van der Waals surface area contributed by atoms with Crippen LogP contribution in [-0.4, -0.2) is 43.9 Å². The number of hydrogen-bond donors (Lipinski definition) is 2. The molecule has 0 saturated heterocycles. The monoisotopic (exact) mass is 295 g/mol. The van der Waals surface area contributed by atoms with Gasteiger partial charge in [-0.3, -0.25) is 9.59 Å². The minimum atomic E-state index is -3.85. The minimum Gasteiger partial charge on any atom is -0.480 e. The maximum Gasteiger partial charge on any atom is 0.322 e. The van der Waals surface area contributed by atoms with Crippen molar-refractivity contribution in [3.05, 3.63) is 0 Å². The number of sulfonamides is 1. The maximum absolute atomic E-state index is 11.7. The lowest BCUT2D eigenvalue weighted by Gasteiger charge is -2.27. The van der Waals surface area contributed by atoms with Crippen molar-refractivity contribution in [1.29, 1.82) is 0 Å². The van der Waals surface area contributed by atoms with Crippen molar-refractivity contribution in [2.75, 3.05) is 12.4 Å². The third kappa shape index (κ3) is 7.12. The first-order valence-corrected chi connectivity index (χ1v) is 7.53. The van der Waals surface area contributed by atoms with E-state index in [-0.39, 0.29) is 13.0 Å². The van der Waals surface area contributed by atoms with Gasteiger partial charge in [0.2, 0.25) is 10.0 Å². The second kappa shape index (κ2) is 6.85. The first kappa shape index (κ1) is 17.8. The van der Waals surface area contributed by atoms with Crippen LogP contribution in [-0.2, 0) is 24.3 Å². The van der Waals surface area contributed by atoms with Gasteiger partial charge in [0.25, 0.3) is 0 Å². The lowest BCUT2D eigenvalue weighted by molar-refractivity contribution is -0.143. The number of ether oxygens (including phenoxy) is 1. The van der Waals surface area contributed by atoms with E-state index < -0.39 is 39.2 Å². The largest absolute Gasteiger partial charge is 0.480 e. The molecule has 112 valence electrons. The summed E-state index contributed by atoms with van der Waals surface area (Å²) in [5, 5.41) is 9.02. The van der Waals surface area contributed by atoms with Gasteiger partial charge in [-0.15, -0.1) is 0 Å². The molecule has 1 unspecified atom stereocenters. The predicted molar refractivity (Wildman–Crippen MR) is 69.1 cm³/mol. The van der Waals surface area contributed by atoms with Crippen LogP contribution in [0.1, 0.15) is 34.1 Å². The third-order valence-corrected chi connectivity index (χ3v) is 3.63. The molecule has 2 N–H and O–H groups in total. The van der Waals surface area contributed by atoms with Crippen LogP contribution in [0, 0.1) is 5.41 Å². The third-order valence-electron chi connectivity index (χ3n) is 2.29. The topological polar surface area (TPSA) is 110 Å². The Morgan fingerprint density at radius 2 is 1.84 bits per heavy atom. The number of carboxylic acids is 1. The average molecular weight is 295 g/mol. The van der Waals surface area contributed by atoms with Crippen LogP contribution in [0.15, 0.2) is 0 Å². The number of esters is 1. The fraction of sp³-hybridized carbons (Fsp3) is 0.818. The van der Waals surface area contributed by atoms with Crippen LogP contribution in [0.4, 0.5) is 0 Å². The number of carbonyl (C=O) groups excluding carboxylic acids is 1. The lowest BCUT2D eigenvalue weighted by Crippen LogP contribution is -2.49. The molecular weight excluding hydrogens is 274 g/mol. The molecule has 0 amide bonds. The molecule has 0 heterocycles. The zero-order valence-electron chi connectivity index (χ0n) is 11.6. The van der Waals surface area contributed by atoms with Crippen molar-refractivity contribution in [3.8, 4) is 0 Å². The van der Waals surface area contributed by atoms with Crippen molar-refractivity contribution in [2.45, 2.75) is 40.2 Å². The van der Waals surface area contributed by atoms with Crippen molar-refractivity contribution < 1.29 is 27.9 Å². The van der Waals surface area contributed by atoms with Gasteiger partial charge in [0, 0.05) is 0 Å². The quantitative estimate of drug-likeness (QED) is 0.656. The van der Waals surface area contributed by atoms with Gasteiger partial charge in [-0.05, 0) is 12.3 Å². The first-order valence-electron chi connectivity index (χ1n) is 5.88. The van der Waals surface area contributed by atoms with Crippen molar-refractivity contribution in [3.63, 3.8) is 0 Å². The molecule has 0 radical (unpaired) electrons. The fourth-order valence-corrected chi connectivity index (χ4v) is 2.65. The Hall–Kier alpha value is -1.15. The highest BCUT2D eigenvalue weighted by Crippen LogP contribution is 2.20. The van der Waals surface area contributed by atoms with E-state index in [0.717, 1.165) is 0 Å². The van der Waals surface area contributed by atoms with E-state index in [1.165, 1.54) is 0 Å². The van der Waals surface area contributed by atoms with Gasteiger partial charge in [-0.25, -0.2) is 13.1 Å². The van der Waals surface area contributed by atoms with Gasteiger partial charge >= 0.3 is 11.9 Å². The summed E-state index contributed by atoms with van der Waals surface area (Å²) in [4.78, 5) is 22.1. The van der Waals surface area contributed by atoms with E-state index in [4.69, 9.17) is 5.11 Å². The molecule has 8 heteroatoms. The lowest BCUT2D eigenvalue weighted by atomic mass is 9.88. The molecule has 0 aromatic heterocycles. The molecule has 0 fully saturated rings. The average Bonchev–Trinajstić information content (AvgIpc) is 2.22. The van der Waals surface area contributed by atoms with E-state index in [2.05, 4.69) is 9.46 Å². The SMILES string of the molecule is CCOC(=O)CCS(=O)(=O)NC(C(=O)O)C(C)(C)C. The van der Waals surface area contributed by atoms with Crippen molar-refractivity contribution in [1.82, 2.24) is 4.72 Å². The maximum atomic E-state index is 11.7. The predicted octanol–water partition coefficient (Wildman–Crippen LogP) is 0.358. The zero-order chi connectivity index (χ0) is 15.3. The number of hydrogen-bond acceptors (Lipinski definition) is 5. The standard InChI is InChI=1S/C11H21NO6S/c1-5-18-8(13)6-7-19(16,17)12-9(10(14)15)11(2,3)4/h9,12H,5-7H2,1-4H3,(H,14,15). The first-order chi connectivity index (χ1) is 8.49. The summed E-state index contributed by atoms with van der Waals surface area (Å²) >= 11 is 0. The van der Waals surface area contributed by atoms with Crippen LogP contribution in [0.2, 0.25) is 0 Å². The van der Waals surface area contributed by atoms with Crippen LogP contribution in [0.3, 0.4) is 0 Å². The smallest absolute Gasteiger partial charge is 0.322 e. The van der Waals surface area contributed by atoms with E-state index >= 15 is 0 Å². The summed E-state index contributed by atoms with van der Waals surface area (Å²) in [6.07, 6.45) is -0.306. The Morgan fingerprint density at radius 1 is 1.32 bits per heavy atom. The molecule has 0 bridgehead atoms. The molecule has 0 rings (SSSR count). The molecule has 19 heavy (non-hydrogen) atoms. The summed E-state index contributed by atoms with van der Waals surface area (Å²) in [6.45, 7) is 6.62. The summed E-state index contributed by atoms with van der Waals surface area (Å²) in [5.74, 6) is -2.38. The number of carbonyl (C=O) groups is 2. The molecular formula is C11H21NO6S. The molecule has 0 aliphatic rings. The minimum absolute atomic E-state index is 0.173. The van der Waals surface area contributed by atoms with Gasteiger partial charge in [0.05, 0.1) is 18.8 Å². The van der Waals surface area contributed by atoms with Gasteiger partial charge < -0.3 is 9.84 Å². The summed E-state index contributed by atoms with van der Waals surface area (Å²) < 4.78 is 30.1. The summed E-state index contributed by atoms with van der Waals surface area (Å²) in [7, 11) is -3.85.